The minimum Gasteiger partial charge on any atom is -0.384 e. The smallest absolute Gasteiger partial charge is 0.235 e. The fourth-order valence-electron chi connectivity index (χ4n) is 1.31. The highest BCUT2D eigenvalue weighted by Crippen LogP contribution is 2.08. The average molecular weight is 257 g/mol. The van der Waals surface area contributed by atoms with Crippen molar-refractivity contribution >= 4 is 23.5 Å². The third kappa shape index (κ3) is 5.74. The van der Waals surface area contributed by atoms with Crippen LogP contribution < -0.4 is 5.32 Å². The van der Waals surface area contributed by atoms with Crippen LogP contribution in [0.3, 0.4) is 0 Å². The van der Waals surface area contributed by atoms with Gasteiger partial charge < -0.3 is 10.1 Å². The summed E-state index contributed by atoms with van der Waals surface area (Å²) in [4.78, 5) is 11.5. The molecule has 0 radical (unpaired) electrons. The molecule has 0 bridgehead atoms. The highest BCUT2D eigenvalue weighted by atomic mass is 32.2. The minimum absolute atomic E-state index is 0.0272. The highest BCUT2D eigenvalue weighted by molar-refractivity contribution is 7.99. The van der Waals surface area contributed by atoms with Gasteiger partial charge in [0.1, 0.15) is 0 Å². The number of H-pyrrole nitrogens is 1. The molecule has 0 atom stereocenters. The van der Waals surface area contributed by atoms with E-state index in [2.05, 4.69) is 22.4 Å². The summed E-state index contributed by atoms with van der Waals surface area (Å²) in [7, 11) is 1.65. The molecule has 5 nitrogen and oxygen atoms in total. The number of amides is 1. The maximum absolute atomic E-state index is 11.5. The van der Waals surface area contributed by atoms with Gasteiger partial charge in [-0.05, 0) is 6.42 Å². The highest BCUT2D eigenvalue weighted by Gasteiger charge is 2.05. The first-order valence-corrected chi connectivity index (χ1v) is 6.82. The third-order valence-corrected chi connectivity index (χ3v) is 3.00. The number of aromatic amines is 1. The minimum atomic E-state index is -0.0272. The second-order valence-electron chi connectivity index (χ2n) is 3.62. The summed E-state index contributed by atoms with van der Waals surface area (Å²) in [5, 5.41) is 9.68. The van der Waals surface area contributed by atoms with E-state index in [9.17, 15) is 4.79 Å². The molecule has 1 rings (SSSR count). The predicted octanol–water partition coefficient (Wildman–Crippen LogP) is 1.68. The lowest BCUT2D eigenvalue weighted by Crippen LogP contribution is -2.15. The summed E-state index contributed by atoms with van der Waals surface area (Å²) in [5.74, 6) is 1.83. The van der Waals surface area contributed by atoms with Crippen molar-refractivity contribution in [2.45, 2.75) is 19.8 Å². The van der Waals surface area contributed by atoms with E-state index in [0.717, 1.165) is 24.3 Å². The molecule has 1 amide bonds. The number of aromatic nitrogens is 2. The zero-order chi connectivity index (χ0) is 12.5. The van der Waals surface area contributed by atoms with Crippen LogP contribution in [0.4, 0.5) is 5.82 Å². The Kier molecular flexibility index (Phi) is 6.73. The first kappa shape index (κ1) is 14.1. The molecule has 0 aliphatic heterocycles. The molecule has 0 spiro atoms. The van der Waals surface area contributed by atoms with E-state index in [1.165, 1.54) is 0 Å². The number of nitrogens with one attached hydrogen (secondary N) is 2. The molecule has 0 unspecified atom stereocenters. The zero-order valence-corrected chi connectivity index (χ0v) is 11.1. The van der Waals surface area contributed by atoms with Crippen LogP contribution in [0.2, 0.25) is 0 Å². The number of methoxy groups -OCH3 is 1. The van der Waals surface area contributed by atoms with Crippen molar-refractivity contribution in [3.8, 4) is 0 Å². The fourth-order valence-corrected chi connectivity index (χ4v) is 2.00. The molecule has 96 valence electrons. The quantitative estimate of drug-likeness (QED) is 0.695. The Balaban J connectivity index is 2.24. The van der Waals surface area contributed by atoms with E-state index in [1.54, 1.807) is 18.9 Å². The van der Waals surface area contributed by atoms with Gasteiger partial charge in [-0.2, -0.15) is 5.10 Å². The maximum atomic E-state index is 11.5. The van der Waals surface area contributed by atoms with Gasteiger partial charge in [-0.25, -0.2) is 0 Å². The van der Waals surface area contributed by atoms with Gasteiger partial charge in [-0.1, -0.05) is 13.3 Å². The van der Waals surface area contributed by atoms with Crippen molar-refractivity contribution < 1.29 is 9.53 Å². The van der Waals surface area contributed by atoms with E-state index in [0.29, 0.717) is 18.2 Å². The maximum Gasteiger partial charge on any atom is 0.235 e. The van der Waals surface area contributed by atoms with Crippen LogP contribution in [-0.2, 0) is 16.0 Å². The van der Waals surface area contributed by atoms with Gasteiger partial charge in [0, 0.05) is 24.6 Å². The van der Waals surface area contributed by atoms with E-state index in [-0.39, 0.29) is 5.91 Å². The summed E-state index contributed by atoms with van der Waals surface area (Å²) >= 11 is 1.55. The Bertz CT molecular complexity index is 341. The average Bonchev–Trinajstić information content (AvgIpc) is 2.73. The predicted molar refractivity (Wildman–Crippen MR) is 70.4 cm³/mol. The Labute approximate surface area is 106 Å². The summed E-state index contributed by atoms with van der Waals surface area (Å²) < 4.78 is 4.90. The van der Waals surface area contributed by atoms with Crippen LogP contribution in [0.25, 0.3) is 0 Å². The van der Waals surface area contributed by atoms with Crippen molar-refractivity contribution in [1.29, 1.82) is 0 Å². The number of hydrogen-bond donors (Lipinski definition) is 2. The number of rotatable bonds is 8. The van der Waals surface area contributed by atoms with Crippen molar-refractivity contribution in [3.63, 3.8) is 0 Å². The van der Waals surface area contributed by atoms with Gasteiger partial charge >= 0.3 is 0 Å². The molecule has 0 aromatic carbocycles. The summed E-state index contributed by atoms with van der Waals surface area (Å²) in [6.45, 7) is 2.77. The monoisotopic (exact) mass is 257 g/mol. The van der Waals surface area contributed by atoms with E-state index in [1.807, 2.05) is 6.07 Å². The number of ether oxygens (including phenoxy) is 1. The number of hydrogen-bond acceptors (Lipinski definition) is 4. The Morgan fingerprint density at radius 2 is 2.47 bits per heavy atom. The lowest BCUT2D eigenvalue weighted by molar-refractivity contribution is -0.113. The summed E-state index contributed by atoms with van der Waals surface area (Å²) in [5.41, 5.74) is 1.05. The van der Waals surface area contributed by atoms with Crippen LogP contribution in [0.5, 0.6) is 0 Å². The lowest BCUT2D eigenvalue weighted by atomic mass is 10.2. The molecular formula is C11H19N3O2S. The number of thioether (sulfide) groups is 1. The molecular weight excluding hydrogens is 238 g/mol. The normalized spacial score (nSPS) is 10.5. The van der Waals surface area contributed by atoms with Gasteiger partial charge in [0.2, 0.25) is 5.91 Å². The molecule has 0 aliphatic carbocycles. The van der Waals surface area contributed by atoms with Crippen LogP contribution in [0, 0.1) is 0 Å². The fraction of sp³-hybridized carbons (Fsp3) is 0.636. The molecule has 17 heavy (non-hydrogen) atoms. The van der Waals surface area contributed by atoms with Gasteiger partial charge in [0.25, 0.3) is 0 Å². The van der Waals surface area contributed by atoms with Crippen LogP contribution >= 0.6 is 11.8 Å². The molecule has 1 aromatic rings. The molecule has 1 aromatic heterocycles. The molecule has 0 fully saturated rings. The second kappa shape index (κ2) is 8.14. The van der Waals surface area contributed by atoms with Gasteiger partial charge in [0.15, 0.2) is 5.82 Å². The molecule has 0 saturated heterocycles. The Morgan fingerprint density at radius 1 is 1.65 bits per heavy atom. The van der Waals surface area contributed by atoms with E-state index in [4.69, 9.17) is 4.74 Å². The number of nitrogens with zero attached hydrogens (tertiary/aromatic N) is 1. The first-order valence-electron chi connectivity index (χ1n) is 5.67. The SMILES string of the molecule is CCCc1cc(NC(=O)CSCCOC)n[nH]1. The summed E-state index contributed by atoms with van der Waals surface area (Å²) in [6.07, 6.45) is 2.01. The number of carbonyl (C=O) groups is 1. The molecule has 0 aliphatic rings. The largest absolute Gasteiger partial charge is 0.384 e. The number of carbonyl (C=O) groups excluding carboxylic acids is 1. The van der Waals surface area contributed by atoms with Crippen LogP contribution in [0.15, 0.2) is 6.07 Å². The molecule has 6 heteroatoms. The van der Waals surface area contributed by atoms with Crippen molar-refractivity contribution in [3.05, 3.63) is 11.8 Å². The standard InChI is InChI=1S/C11H19N3O2S/c1-3-4-9-7-10(14-13-9)12-11(15)8-17-6-5-16-2/h7H,3-6,8H2,1-2H3,(H2,12,13,14,15). The molecule has 1 heterocycles. The van der Waals surface area contributed by atoms with Crippen molar-refractivity contribution in [2.75, 3.05) is 30.5 Å². The third-order valence-electron chi connectivity index (χ3n) is 2.08. The Morgan fingerprint density at radius 3 is 3.18 bits per heavy atom. The Hall–Kier alpha value is -1.01. The van der Waals surface area contributed by atoms with Crippen molar-refractivity contribution in [2.24, 2.45) is 0 Å². The zero-order valence-electron chi connectivity index (χ0n) is 10.3. The first-order chi connectivity index (χ1) is 8.26. The van der Waals surface area contributed by atoms with Crippen LogP contribution in [-0.4, -0.2) is 41.3 Å². The topological polar surface area (TPSA) is 67.0 Å². The number of anilines is 1. The second-order valence-corrected chi connectivity index (χ2v) is 4.73. The van der Waals surface area contributed by atoms with Gasteiger partial charge in [0.05, 0.1) is 12.4 Å². The number of aryl methyl sites for hydroxylation is 1. The molecule has 2 N–H and O–H groups in total. The molecule has 0 saturated carbocycles. The van der Waals surface area contributed by atoms with E-state index < -0.39 is 0 Å². The van der Waals surface area contributed by atoms with Gasteiger partial charge in [-0.15, -0.1) is 11.8 Å². The van der Waals surface area contributed by atoms with Gasteiger partial charge in [-0.3, -0.25) is 9.89 Å². The van der Waals surface area contributed by atoms with E-state index >= 15 is 0 Å². The summed E-state index contributed by atoms with van der Waals surface area (Å²) in [6, 6.07) is 1.88. The van der Waals surface area contributed by atoms with Crippen molar-refractivity contribution in [1.82, 2.24) is 10.2 Å². The lowest BCUT2D eigenvalue weighted by Gasteiger charge is -2.01. The van der Waals surface area contributed by atoms with Crippen LogP contribution in [0.1, 0.15) is 19.0 Å².